The summed E-state index contributed by atoms with van der Waals surface area (Å²) in [5.74, 6) is 0. The Kier molecular flexibility index (Phi) is 3.69. The zero-order valence-electron chi connectivity index (χ0n) is 10.7. The molecule has 1 aromatic carbocycles. The predicted molar refractivity (Wildman–Crippen MR) is 71.5 cm³/mol. The minimum Gasteiger partial charge on any atom is -0.394 e. The molecule has 0 aromatic heterocycles. The van der Waals surface area contributed by atoms with Crippen LogP contribution in [0.1, 0.15) is 25.0 Å². The first-order valence-electron chi connectivity index (χ1n) is 6.32. The standard InChI is InChI=1S/C14H22N2O/c1-14(2,10-17)16-8-5-11-3-4-13-12(9-11)6-7-15-13/h3-4,9,15-17H,5-8,10H2,1-2H3. The van der Waals surface area contributed by atoms with Crippen LogP contribution in [0.3, 0.4) is 0 Å². The first-order chi connectivity index (χ1) is 8.11. The Hall–Kier alpha value is -1.06. The van der Waals surface area contributed by atoms with Gasteiger partial charge in [0, 0.05) is 17.8 Å². The lowest BCUT2D eigenvalue weighted by Gasteiger charge is -2.23. The maximum absolute atomic E-state index is 9.15. The summed E-state index contributed by atoms with van der Waals surface area (Å²) in [5.41, 5.74) is 3.91. The van der Waals surface area contributed by atoms with Crippen molar-refractivity contribution in [1.29, 1.82) is 0 Å². The van der Waals surface area contributed by atoms with E-state index in [1.807, 2.05) is 13.8 Å². The van der Waals surface area contributed by atoms with Crippen molar-refractivity contribution in [1.82, 2.24) is 5.32 Å². The number of fused-ring (bicyclic) bond motifs is 1. The fourth-order valence-electron chi connectivity index (χ4n) is 2.11. The lowest BCUT2D eigenvalue weighted by atomic mass is 10.0. The first-order valence-corrected chi connectivity index (χ1v) is 6.32. The third-order valence-corrected chi connectivity index (χ3v) is 3.29. The van der Waals surface area contributed by atoms with E-state index in [9.17, 15) is 0 Å². The van der Waals surface area contributed by atoms with Gasteiger partial charge >= 0.3 is 0 Å². The lowest BCUT2D eigenvalue weighted by molar-refractivity contribution is 0.189. The smallest absolute Gasteiger partial charge is 0.0607 e. The van der Waals surface area contributed by atoms with Gasteiger partial charge in [-0.05, 0) is 50.4 Å². The van der Waals surface area contributed by atoms with Crippen molar-refractivity contribution in [2.24, 2.45) is 0 Å². The number of hydrogen-bond acceptors (Lipinski definition) is 3. The molecule has 1 heterocycles. The van der Waals surface area contributed by atoms with Gasteiger partial charge < -0.3 is 15.7 Å². The lowest BCUT2D eigenvalue weighted by Crippen LogP contribution is -2.43. The molecule has 0 saturated carbocycles. The molecule has 0 aliphatic carbocycles. The van der Waals surface area contributed by atoms with E-state index in [2.05, 4.69) is 28.8 Å². The summed E-state index contributed by atoms with van der Waals surface area (Å²) in [5, 5.41) is 15.9. The van der Waals surface area contributed by atoms with E-state index in [4.69, 9.17) is 5.11 Å². The van der Waals surface area contributed by atoms with Crippen molar-refractivity contribution in [2.75, 3.05) is 25.0 Å². The Morgan fingerprint density at radius 3 is 3.00 bits per heavy atom. The van der Waals surface area contributed by atoms with Gasteiger partial charge in [-0.3, -0.25) is 0 Å². The molecule has 0 amide bonds. The van der Waals surface area contributed by atoms with E-state index >= 15 is 0 Å². The molecule has 0 unspecified atom stereocenters. The van der Waals surface area contributed by atoms with Crippen LogP contribution in [0.2, 0.25) is 0 Å². The normalized spacial score (nSPS) is 14.5. The van der Waals surface area contributed by atoms with Crippen LogP contribution in [0, 0.1) is 0 Å². The van der Waals surface area contributed by atoms with Crippen LogP contribution in [0.15, 0.2) is 18.2 Å². The van der Waals surface area contributed by atoms with E-state index in [1.54, 1.807) is 0 Å². The number of benzene rings is 1. The molecule has 3 N–H and O–H groups in total. The first kappa shape index (κ1) is 12.4. The van der Waals surface area contributed by atoms with Crippen molar-refractivity contribution in [3.05, 3.63) is 29.3 Å². The second kappa shape index (κ2) is 5.07. The molecule has 0 fully saturated rings. The average molecular weight is 234 g/mol. The summed E-state index contributed by atoms with van der Waals surface area (Å²) in [7, 11) is 0. The molecule has 0 spiro atoms. The van der Waals surface area contributed by atoms with Gasteiger partial charge in [0.15, 0.2) is 0 Å². The fraction of sp³-hybridized carbons (Fsp3) is 0.571. The molecule has 1 aromatic rings. The molecule has 3 nitrogen and oxygen atoms in total. The Bertz CT molecular complexity index is 388. The van der Waals surface area contributed by atoms with Gasteiger partial charge in [-0.25, -0.2) is 0 Å². The van der Waals surface area contributed by atoms with E-state index in [0.717, 1.165) is 25.9 Å². The van der Waals surface area contributed by atoms with Crippen LogP contribution >= 0.6 is 0 Å². The molecular weight excluding hydrogens is 212 g/mol. The number of anilines is 1. The molecule has 1 aliphatic heterocycles. The van der Waals surface area contributed by atoms with Crippen molar-refractivity contribution in [3.63, 3.8) is 0 Å². The maximum Gasteiger partial charge on any atom is 0.0607 e. The number of aliphatic hydroxyl groups is 1. The zero-order chi connectivity index (χ0) is 12.3. The van der Waals surface area contributed by atoms with Crippen LogP contribution in [0.5, 0.6) is 0 Å². The molecule has 94 valence electrons. The number of aliphatic hydroxyl groups excluding tert-OH is 1. The van der Waals surface area contributed by atoms with Crippen LogP contribution < -0.4 is 10.6 Å². The molecule has 17 heavy (non-hydrogen) atoms. The number of rotatable bonds is 5. The van der Waals surface area contributed by atoms with Crippen molar-refractivity contribution < 1.29 is 5.11 Å². The van der Waals surface area contributed by atoms with E-state index in [-0.39, 0.29) is 12.1 Å². The topological polar surface area (TPSA) is 44.3 Å². The Morgan fingerprint density at radius 1 is 1.41 bits per heavy atom. The molecule has 0 radical (unpaired) electrons. The average Bonchev–Trinajstić information content (AvgIpc) is 2.76. The predicted octanol–water partition coefficient (Wildman–Crippen LogP) is 1.56. The summed E-state index contributed by atoms with van der Waals surface area (Å²) in [6.45, 7) is 6.16. The number of nitrogens with one attached hydrogen (secondary N) is 2. The second-order valence-electron chi connectivity index (χ2n) is 5.39. The van der Waals surface area contributed by atoms with Crippen LogP contribution in [-0.4, -0.2) is 30.3 Å². The highest BCUT2D eigenvalue weighted by Gasteiger charge is 2.15. The van der Waals surface area contributed by atoms with Gasteiger partial charge in [0.2, 0.25) is 0 Å². The summed E-state index contributed by atoms with van der Waals surface area (Å²) in [6, 6.07) is 6.66. The molecule has 0 atom stereocenters. The Balaban J connectivity index is 1.88. The molecular formula is C14H22N2O. The monoisotopic (exact) mass is 234 g/mol. The quantitative estimate of drug-likeness (QED) is 0.724. The number of hydrogen-bond donors (Lipinski definition) is 3. The summed E-state index contributed by atoms with van der Waals surface area (Å²) < 4.78 is 0. The van der Waals surface area contributed by atoms with Gasteiger partial charge in [-0.1, -0.05) is 12.1 Å². The minimum absolute atomic E-state index is 0.168. The molecule has 0 saturated heterocycles. The van der Waals surface area contributed by atoms with Crippen molar-refractivity contribution >= 4 is 5.69 Å². The van der Waals surface area contributed by atoms with Gasteiger partial charge in [0.1, 0.15) is 0 Å². The highest BCUT2D eigenvalue weighted by atomic mass is 16.3. The molecule has 1 aliphatic rings. The molecule has 0 bridgehead atoms. The maximum atomic E-state index is 9.15. The zero-order valence-corrected chi connectivity index (χ0v) is 10.7. The third kappa shape index (κ3) is 3.20. The summed E-state index contributed by atoms with van der Waals surface area (Å²) in [6.07, 6.45) is 2.15. The van der Waals surface area contributed by atoms with E-state index < -0.39 is 0 Å². The SMILES string of the molecule is CC(C)(CO)NCCc1ccc2c(c1)CCN2. The van der Waals surface area contributed by atoms with Gasteiger partial charge in [-0.2, -0.15) is 0 Å². The van der Waals surface area contributed by atoms with Gasteiger partial charge in [-0.15, -0.1) is 0 Å². The summed E-state index contributed by atoms with van der Waals surface area (Å²) >= 11 is 0. The van der Waals surface area contributed by atoms with E-state index in [0.29, 0.717) is 0 Å². The van der Waals surface area contributed by atoms with Crippen LogP contribution in [-0.2, 0) is 12.8 Å². The van der Waals surface area contributed by atoms with E-state index in [1.165, 1.54) is 16.8 Å². The van der Waals surface area contributed by atoms with Gasteiger partial charge in [0.25, 0.3) is 0 Å². The summed E-state index contributed by atoms with van der Waals surface area (Å²) in [4.78, 5) is 0. The Labute approximate surface area is 103 Å². The Morgan fingerprint density at radius 2 is 2.24 bits per heavy atom. The van der Waals surface area contributed by atoms with Crippen molar-refractivity contribution in [3.8, 4) is 0 Å². The third-order valence-electron chi connectivity index (χ3n) is 3.29. The van der Waals surface area contributed by atoms with Crippen molar-refractivity contribution in [2.45, 2.75) is 32.2 Å². The second-order valence-corrected chi connectivity index (χ2v) is 5.39. The molecule has 3 heteroatoms. The molecule has 2 rings (SSSR count). The highest BCUT2D eigenvalue weighted by molar-refractivity contribution is 5.56. The van der Waals surface area contributed by atoms with Crippen LogP contribution in [0.25, 0.3) is 0 Å². The van der Waals surface area contributed by atoms with Gasteiger partial charge in [0.05, 0.1) is 6.61 Å². The van der Waals surface area contributed by atoms with Crippen LogP contribution in [0.4, 0.5) is 5.69 Å². The minimum atomic E-state index is -0.182. The highest BCUT2D eigenvalue weighted by Crippen LogP contribution is 2.23. The fourth-order valence-corrected chi connectivity index (χ4v) is 2.11. The largest absolute Gasteiger partial charge is 0.394 e.